The first-order valence-corrected chi connectivity index (χ1v) is 15.7. The summed E-state index contributed by atoms with van der Waals surface area (Å²) < 4.78 is 58.5. The lowest BCUT2D eigenvalue weighted by atomic mass is 9.87. The van der Waals surface area contributed by atoms with Gasteiger partial charge in [-0.15, -0.1) is 0 Å². The topological polar surface area (TPSA) is 106 Å². The van der Waals surface area contributed by atoms with E-state index < -0.39 is 37.7 Å². The molecule has 43 heavy (non-hydrogen) atoms. The van der Waals surface area contributed by atoms with Crippen LogP contribution in [-0.4, -0.2) is 94.9 Å². The molecule has 1 fully saturated rings. The van der Waals surface area contributed by atoms with E-state index in [2.05, 4.69) is 0 Å². The normalized spacial score (nSPS) is 20.6. The van der Waals surface area contributed by atoms with Gasteiger partial charge in [-0.3, -0.25) is 9.69 Å². The van der Waals surface area contributed by atoms with Crippen molar-refractivity contribution in [2.75, 3.05) is 51.9 Å². The molecule has 2 aliphatic rings. The Balaban J connectivity index is 1.61. The summed E-state index contributed by atoms with van der Waals surface area (Å²) in [6.45, 7) is 12.4. The maximum atomic E-state index is 15.4. The third-order valence-corrected chi connectivity index (χ3v) is 9.65. The maximum Gasteiger partial charge on any atom is 0.410 e. The summed E-state index contributed by atoms with van der Waals surface area (Å²) >= 11 is 0. The van der Waals surface area contributed by atoms with Gasteiger partial charge in [0.05, 0.1) is 31.2 Å². The van der Waals surface area contributed by atoms with Crippen LogP contribution in [0.4, 0.5) is 14.9 Å². The zero-order chi connectivity index (χ0) is 31.9. The van der Waals surface area contributed by atoms with Gasteiger partial charge in [0.2, 0.25) is 15.7 Å². The van der Waals surface area contributed by atoms with Crippen LogP contribution in [0.1, 0.15) is 47.1 Å². The highest BCUT2D eigenvalue weighted by molar-refractivity contribution is 7.91. The molecule has 12 heteroatoms. The number of fused-ring (bicyclic) bond motifs is 1. The maximum absolute atomic E-state index is 15.4. The van der Waals surface area contributed by atoms with Crippen LogP contribution in [0.25, 0.3) is 0 Å². The highest BCUT2D eigenvalue weighted by Gasteiger charge is 2.42. The summed E-state index contributed by atoms with van der Waals surface area (Å²) in [6, 6.07) is 7.72. The van der Waals surface area contributed by atoms with Crippen molar-refractivity contribution < 1.29 is 36.6 Å². The fourth-order valence-electron chi connectivity index (χ4n) is 5.67. The van der Waals surface area contributed by atoms with Gasteiger partial charge in [-0.1, -0.05) is 13.8 Å². The van der Waals surface area contributed by atoms with Gasteiger partial charge in [-0.2, -0.15) is 0 Å². The molecule has 10 nitrogen and oxygen atoms in total. The molecule has 2 amide bonds. The van der Waals surface area contributed by atoms with E-state index in [1.165, 1.54) is 48.4 Å². The van der Waals surface area contributed by atoms with Crippen LogP contribution in [0.15, 0.2) is 46.2 Å². The standard InChI is InChI=1S/C31H42FN3O7S/c1-20-15-33(21(18-40-7)16-34(20)29(37)42-30(2,3)4)17-28(36)35-19-31(5,6)24-13-25(32)27(14-26(24)35)43(38,39)23-11-9-22(41-8)10-12-23/h9-14,20-21H,15-19H2,1-8H3/t20-,21-/m1/s1. The van der Waals surface area contributed by atoms with Gasteiger partial charge < -0.3 is 24.0 Å². The van der Waals surface area contributed by atoms with Crippen molar-refractivity contribution in [3.63, 3.8) is 0 Å². The Labute approximate surface area is 253 Å². The number of benzene rings is 2. The lowest BCUT2D eigenvalue weighted by molar-refractivity contribution is -0.121. The highest BCUT2D eigenvalue weighted by Crippen LogP contribution is 2.43. The number of anilines is 1. The van der Waals surface area contributed by atoms with Crippen molar-refractivity contribution in [3.8, 4) is 5.75 Å². The Morgan fingerprint density at radius 2 is 1.72 bits per heavy atom. The fourth-order valence-corrected chi connectivity index (χ4v) is 7.00. The molecule has 4 rings (SSSR count). The summed E-state index contributed by atoms with van der Waals surface area (Å²) in [6.07, 6.45) is -0.421. The van der Waals surface area contributed by atoms with Crippen molar-refractivity contribution in [2.45, 2.75) is 74.4 Å². The molecule has 0 bridgehead atoms. The summed E-state index contributed by atoms with van der Waals surface area (Å²) in [5.74, 6) is -0.658. The quantitative estimate of drug-likeness (QED) is 0.453. The molecule has 2 aromatic rings. The number of nitrogens with zero attached hydrogens (tertiary/aromatic N) is 3. The Kier molecular flexibility index (Phi) is 9.16. The zero-order valence-electron chi connectivity index (χ0n) is 26.1. The van der Waals surface area contributed by atoms with Crippen molar-refractivity contribution in [1.82, 2.24) is 9.80 Å². The zero-order valence-corrected chi connectivity index (χ0v) is 27.0. The van der Waals surface area contributed by atoms with Gasteiger partial charge in [0.15, 0.2) is 0 Å². The SMILES string of the molecule is COC[C@H]1CN(C(=O)OC(C)(C)C)[C@H](C)CN1CC(=O)N1CC(C)(C)c2cc(F)c(S(=O)(=O)c3ccc(OC)cc3)cc21. The van der Waals surface area contributed by atoms with Crippen molar-refractivity contribution in [1.29, 1.82) is 0 Å². The van der Waals surface area contributed by atoms with Crippen molar-refractivity contribution in [2.24, 2.45) is 0 Å². The summed E-state index contributed by atoms with van der Waals surface area (Å²) in [7, 11) is -1.19. The first-order valence-electron chi connectivity index (χ1n) is 14.2. The summed E-state index contributed by atoms with van der Waals surface area (Å²) in [5.41, 5.74) is -0.325. The lowest BCUT2D eigenvalue weighted by Crippen LogP contribution is -2.62. The van der Waals surface area contributed by atoms with E-state index in [1.807, 2.05) is 46.4 Å². The Morgan fingerprint density at radius 3 is 2.30 bits per heavy atom. The highest BCUT2D eigenvalue weighted by atomic mass is 32.2. The molecular weight excluding hydrogens is 577 g/mol. The number of hydrogen-bond acceptors (Lipinski definition) is 8. The van der Waals surface area contributed by atoms with E-state index in [0.29, 0.717) is 30.1 Å². The number of carbonyl (C=O) groups is 2. The third-order valence-electron chi connectivity index (χ3n) is 7.86. The van der Waals surface area contributed by atoms with Crippen LogP contribution in [0.2, 0.25) is 0 Å². The molecule has 2 heterocycles. The van der Waals surface area contributed by atoms with Crippen molar-refractivity contribution in [3.05, 3.63) is 47.8 Å². The minimum atomic E-state index is -4.23. The Morgan fingerprint density at radius 1 is 1.07 bits per heavy atom. The monoisotopic (exact) mass is 619 g/mol. The predicted octanol–water partition coefficient (Wildman–Crippen LogP) is 4.25. The molecule has 236 valence electrons. The fraction of sp³-hybridized carbons (Fsp3) is 0.548. The van der Waals surface area contributed by atoms with Gasteiger partial charge in [0.25, 0.3) is 0 Å². The molecule has 2 aliphatic heterocycles. The molecule has 0 unspecified atom stereocenters. The molecule has 0 N–H and O–H groups in total. The number of rotatable bonds is 7. The molecule has 0 saturated carbocycles. The second kappa shape index (κ2) is 12.0. The van der Waals surface area contributed by atoms with E-state index >= 15 is 4.39 Å². The van der Waals surface area contributed by atoms with Gasteiger partial charge in [0, 0.05) is 43.9 Å². The van der Waals surface area contributed by atoms with Crippen LogP contribution in [-0.2, 0) is 29.5 Å². The summed E-state index contributed by atoms with van der Waals surface area (Å²) in [4.78, 5) is 31.4. The minimum absolute atomic E-state index is 0.00792. The van der Waals surface area contributed by atoms with E-state index in [1.54, 1.807) is 12.0 Å². The van der Waals surface area contributed by atoms with Crippen molar-refractivity contribution >= 4 is 27.5 Å². The molecular formula is C31H42FN3O7S. The third kappa shape index (κ3) is 6.81. The number of halogens is 1. The van der Waals surface area contributed by atoms with Crippen LogP contribution < -0.4 is 9.64 Å². The number of methoxy groups -OCH3 is 2. The van der Waals surface area contributed by atoms with Crippen LogP contribution in [0.5, 0.6) is 5.75 Å². The van der Waals surface area contributed by atoms with Gasteiger partial charge in [-0.25, -0.2) is 17.6 Å². The number of piperazine rings is 1. The first-order chi connectivity index (χ1) is 20.0. The molecule has 0 aliphatic carbocycles. The molecule has 2 atom stereocenters. The van der Waals surface area contributed by atoms with Crippen LogP contribution in [0, 0.1) is 5.82 Å². The number of ether oxygens (including phenoxy) is 3. The molecule has 0 spiro atoms. The first kappa shape index (κ1) is 32.7. The van der Waals surface area contributed by atoms with E-state index in [9.17, 15) is 18.0 Å². The molecule has 0 aromatic heterocycles. The van der Waals surface area contributed by atoms with Crippen LogP contribution >= 0.6 is 0 Å². The summed E-state index contributed by atoms with van der Waals surface area (Å²) in [5, 5.41) is 0. The smallest absolute Gasteiger partial charge is 0.410 e. The number of sulfone groups is 1. The Hall–Kier alpha value is -3.22. The van der Waals surface area contributed by atoms with E-state index in [0.717, 1.165) is 0 Å². The molecule has 2 aromatic carbocycles. The number of carbonyl (C=O) groups excluding carboxylic acids is 2. The number of hydrogen-bond donors (Lipinski definition) is 0. The van der Waals surface area contributed by atoms with Gasteiger partial charge >= 0.3 is 6.09 Å². The predicted molar refractivity (Wildman–Crippen MR) is 160 cm³/mol. The second-order valence-corrected chi connectivity index (χ2v) is 14.8. The van der Waals surface area contributed by atoms with Gasteiger partial charge in [0.1, 0.15) is 22.1 Å². The number of amides is 2. The molecule has 1 saturated heterocycles. The minimum Gasteiger partial charge on any atom is -0.497 e. The van der Waals surface area contributed by atoms with Gasteiger partial charge in [-0.05, 0) is 69.7 Å². The molecule has 0 radical (unpaired) electrons. The second-order valence-electron chi connectivity index (χ2n) is 12.9. The lowest BCUT2D eigenvalue weighted by Gasteiger charge is -2.45. The van der Waals surface area contributed by atoms with Crippen LogP contribution in [0.3, 0.4) is 0 Å². The Bertz CT molecular complexity index is 1470. The average Bonchev–Trinajstić information content (AvgIpc) is 3.18. The average molecular weight is 620 g/mol. The van der Waals surface area contributed by atoms with E-state index in [-0.39, 0.29) is 42.6 Å². The van der Waals surface area contributed by atoms with E-state index in [4.69, 9.17) is 14.2 Å². The largest absolute Gasteiger partial charge is 0.497 e.